The third-order valence-electron chi connectivity index (χ3n) is 2.35. The standard InChI is InChI=1S/C11H20F3N3O2/c1-9(18)15-5-3-7-17(2)8-4-6-16-10(19)11(12,13)14/h3-8H2,1-2H3,(H,15,18)(H,16,19). The molecule has 0 fully saturated rings. The van der Waals surface area contributed by atoms with Crippen LogP contribution in [0.25, 0.3) is 0 Å². The first-order valence-corrected chi connectivity index (χ1v) is 6.01. The SMILES string of the molecule is CC(=O)NCCCN(C)CCCNC(=O)C(F)(F)F. The molecule has 0 bridgehead atoms. The number of hydrogen-bond donors (Lipinski definition) is 2. The van der Waals surface area contributed by atoms with Crippen molar-refractivity contribution in [2.75, 3.05) is 33.2 Å². The van der Waals surface area contributed by atoms with E-state index in [-0.39, 0.29) is 12.5 Å². The van der Waals surface area contributed by atoms with Crippen molar-refractivity contribution in [2.45, 2.75) is 25.9 Å². The van der Waals surface area contributed by atoms with Crippen LogP contribution in [0.1, 0.15) is 19.8 Å². The van der Waals surface area contributed by atoms with Crippen molar-refractivity contribution < 1.29 is 22.8 Å². The third kappa shape index (κ3) is 10.3. The molecule has 0 aliphatic carbocycles. The molecule has 2 amide bonds. The minimum absolute atomic E-state index is 0.00558. The van der Waals surface area contributed by atoms with Crippen LogP contribution in [-0.2, 0) is 9.59 Å². The van der Waals surface area contributed by atoms with Gasteiger partial charge in [-0.3, -0.25) is 9.59 Å². The van der Waals surface area contributed by atoms with Gasteiger partial charge in [0.25, 0.3) is 0 Å². The highest BCUT2D eigenvalue weighted by Gasteiger charge is 2.38. The maximum absolute atomic E-state index is 11.8. The molecule has 0 aromatic rings. The maximum Gasteiger partial charge on any atom is 0.471 e. The molecule has 19 heavy (non-hydrogen) atoms. The number of amides is 2. The molecule has 0 aromatic carbocycles. The summed E-state index contributed by atoms with van der Waals surface area (Å²) in [7, 11) is 1.83. The van der Waals surface area contributed by atoms with E-state index >= 15 is 0 Å². The fourth-order valence-corrected chi connectivity index (χ4v) is 1.38. The van der Waals surface area contributed by atoms with Crippen LogP contribution in [0.2, 0.25) is 0 Å². The number of carbonyl (C=O) groups excluding carboxylic acids is 2. The van der Waals surface area contributed by atoms with Gasteiger partial charge >= 0.3 is 12.1 Å². The summed E-state index contributed by atoms with van der Waals surface area (Å²) in [5.74, 6) is -1.99. The van der Waals surface area contributed by atoms with Crippen LogP contribution in [-0.4, -0.2) is 56.1 Å². The van der Waals surface area contributed by atoms with E-state index in [1.54, 1.807) is 0 Å². The van der Waals surface area contributed by atoms with Crippen molar-refractivity contribution in [3.63, 3.8) is 0 Å². The molecule has 0 aromatic heterocycles. The van der Waals surface area contributed by atoms with Crippen LogP contribution < -0.4 is 10.6 Å². The number of nitrogens with zero attached hydrogens (tertiary/aromatic N) is 1. The fourth-order valence-electron chi connectivity index (χ4n) is 1.38. The van der Waals surface area contributed by atoms with Crippen LogP contribution in [0.5, 0.6) is 0 Å². The van der Waals surface area contributed by atoms with E-state index in [1.807, 2.05) is 17.3 Å². The summed E-state index contributed by atoms with van der Waals surface area (Å²) in [5, 5.41) is 4.46. The van der Waals surface area contributed by atoms with Crippen molar-refractivity contribution in [1.82, 2.24) is 15.5 Å². The van der Waals surface area contributed by atoms with Crippen LogP contribution in [0, 0.1) is 0 Å². The molecule has 0 aliphatic rings. The molecule has 8 heteroatoms. The lowest BCUT2D eigenvalue weighted by Crippen LogP contribution is -2.38. The fraction of sp³-hybridized carbons (Fsp3) is 0.818. The summed E-state index contributed by atoms with van der Waals surface area (Å²) in [6.07, 6.45) is -3.60. The summed E-state index contributed by atoms with van der Waals surface area (Å²) in [4.78, 5) is 23.0. The first-order valence-electron chi connectivity index (χ1n) is 6.01. The van der Waals surface area contributed by atoms with Gasteiger partial charge in [0.2, 0.25) is 5.91 Å². The van der Waals surface area contributed by atoms with E-state index < -0.39 is 12.1 Å². The molecule has 5 nitrogen and oxygen atoms in total. The Morgan fingerprint density at radius 3 is 1.95 bits per heavy atom. The summed E-state index contributed by atoms with van der Waals surface area (Å²) in [6.45, 7) is 3.32. The Hall–Kier alpha value is -1.31. The van der Waals surface area contributed by atoms with E-state index in [9.17, 15) is 22.8 Å². The minimum atomic E-state index is -4.82. The Morgan fingerprint density at radius 2 is 1.53 bits per heavy atom. The summed E-state index contributed by atoms with van der Waals surface area (Å²) >= 11 is 0. The smallest absolute Gasteiger partial charge is 0.356 e. The Bertz CT molecular complexity index is 295. The molecule has 0 spiro atoms. The van der Waals surface area contributed by atoms with Crippen LogP contribution >= 0.6 is 0 Å². The molecule has 0 heterocycles. The van der Waals surface area contributed by atoms with E-state index in [1.165, 1.54) is 6.92 Å². The van der Waals surface area contributed by atoms with E-state index in [2.05, 4.69) is 5.32 Å². The number of rotatable bonds is 8. The van der Waals surface area contributed by atoms with Crippen molar-refractivity contribution in [3.8, 4) is 0 Å². The third-order valence-corrected chi connectivity index (χ3v) is 2.35. The highest BCUT2D eigenvalue weighted by atomic mass is 19.4. The quantitative estimate of drug-likeness (QED) is 0.638. The molecular formula is C11H20F3N3O2. The van der Waals surface area contributed by atoms with E-state index in [4.69, 9.17) is 0 Å². The second-order valence-corrected chi connectivity index (χ2v) is 4.25. The lowest BCUT2D eigenvalue weighted by molar-refractivity contribution is -0.173. The zero-order valence-electron chi connectivity index (χ0n) is 11.1. The summed E-state index contributed by atoms with van der Waals surface area (Å²) in [5.41, 5.74) is 0. The first-order chi connectivity index (χ1) is 8.73. The molecule has 0 saturated carbocycles. The normalized spacial score (nSPS) is 11.5. The van der Waals surface area contributed by atoms with Gasteiger partial charge in [-0.2, -0.15) is 13.2 Å². The zero-order chi connectivity index (χ0) is 14.9. The molecule has 112 valence electrons. The topological polar surface area (TPSA) is 61.4 Å². The van der Waals surface area contributed by atoms with Gasteiger partial charge in [0.1, 0.15) is 0 Å². The molecule has 0 rings (SSSR count). The molecule has 0 atom stereocenters. The van der Waals surface area contributed by atoms with Crippen molar-refractivity contribution in [2.24, 2.45) is 0 Å². The highest BCUT2D eigenvalue weighted by Crippen LogP contribution is 2.13. The molecule has 2 N–H and O–H groups in total. The van der Waals surface area contributed by atoms with Crippen molar-refractivity contribution in [3.05, 3.63) is 0 Å². The molecule has 0 radical (unpaired) electrons. The predicted molar refractivity (Wildman–Crippen MR) is 64.5 cm³/mol. The Labute approximate surface area is 110 Å². The van der Waals surface area contributed by atoms with Gasteiger partial charge in [-0.05, 0) is 33.0 Å². The van der Waals surface area contributed by atoms with Gasteiger partial charge < -0.3 is 15.5 Å². The van der Waals surface area contributed by atoms with Gasteiger partial charge in [-0.15, -0.1) is 0 Å². The molecule has 0 aliphatic heterocycles. The molecule has 0 unspecified atom stereocenters. The lowest BCUT2D eigenvalue weighted by atomic mass is 10.3. The second-order valence-electron chi connectivity index (χ2n) is 4.25. The van der Waals surface area contributed by atoms with Gasteiger partial charge in [0.05, 0.1) is 0 Å². The van der Waals surface area contributed by atoms with Gasteiger partial charge in [-0.1, -0.05) is 0 Å². The highest BCUT2D eigenvalue weighted by molar-refractivity contribution is 5.81. The monoisotopic (exact) mass is 283 g/mol. The van der Waals surface area contributed by atoms with Crippen molar-refractivity contribution in [1.29, 1.82) is 0 Å². The Morgan fingerprint density at radius 1 is 1.05 bits per heavy atom. The number of hydrogen-bond acceptors (Lipinski definition) is 3. The average molecular weight is 283 g/mol. The van der Waals surface area contributed by atoms with E-state index in [0.717, 1.165) is 13.0 Å². The first kappa shape index (κ1) is 17.7. The number of nitrogens with one attached hydrogen (secondary N) is 2. The zero-order valence-corrected chi connectivity index (χ0v) is 11.1. The van der Waals surface area contributed by atoms with Crippen LogP contribution in [0.3, 0.4) is 0 Å². The molecular weight excluding hydrogens is 263 g/mol. The Balaban J connectivity index is 3.51. The predicted octanol–water partition coefficient (Wildman–Crippen LogP) is 0.513. The van der Waals surface area contributed by atoms with Gasteiger partial charge in [-0.25, -0.2) is 0 Å². The average Bonchev–Trinajstić information content (AvgIpc) is 2.28. The van der Waals surface area contributed by atoms with Crippen molar-refractivity contribution >= 4 is 11.8 Å². The lowest BCUT2D eigenvalue weighted by Gasteiger charge is -2.16. The van der Waals surface area contributed by atoms with Gasteiger partial charge in [0, 0.05) is 20.0 Å². The Kier molecular flexibility index (Phi) is 8.13. The van der Waals surface area contributed by atoms with E-state index in [0.29, 0.717) is 19.5 Å². The molecule has 0 saturated heterocycles. The number of halogens is 3. The number of alkyl halides is 3. The largest absolute Gasteiger partial charge is 0.471 e. The summed E-state index contributed by atoms with van der Waals surface area (Å²) < 4.78 is 35.5. The number of carbonyl (C=O) groups is 2. The van der Waals surface area contributed by atoms with Crippen LogP contribution in [0.15, 0.2) is 0 Å². The summed E-state index contributed by atoms with van der Waals surface area (Å²) in [6, 6.07) is 0. The minimum Gasteiger partial charge on any atom is -0.356 e. The van der Waals surface area contributed by atoms with Crippen LogP contribution in [0.4, 0.5) is 13.2 Å². The maximum atomic E-state index is 11.8. The van der Waals surface area contributed by atoms with Gasteiger partial charge in [0.15, 0.2) is 0 Å². The second kappa shape index (κ2) is 8.73.